The Hall–Kier alpha value is -2.88. The van der Waals surface area contributed by atoms with Gasteiger partial charge in [-0.1, -0.05) is 0 Å². The molecule has 0 spiro atoms. The third kappa shape index (κ3) is 2.14. The predicted molar refractivity (Wildman–Crippen MR) is 83.6 cm³/mol. The van der Waals surface area contributed by atoms with Gasteiger partial charge in [-0.3, -0.25) is 14.8 Å². The van der Waals surface area contributed by atoms with Gasteiger partial charge in [0.05, 0.1) is 10.3 Å². The van der Waals surface area contributed by atoms with E-state index in [2.05, 4.69) is 27.1 Å². The summed E-state index contributed by atoms with van der Waals surface area (Å²) in [5.74, 6) is 0.528. The second-order valence-corrected chi connectivity index (χ2v) is 6.36. The Balaban J connectivity index is 1.79. The van der Waals surface area contributed by atoms with Crippen molar-refractivity contribution in [3.8, 4) is 0 Å². The van der Waals surface area contributed by atoms with Gasteiger partial charge in [-0.2, -0.15) is 5.10 Å². The minimum Gasteiger partial charge on any atom is -0.258 e. The first-order valence-electron chi connectivity index (χ1n) is 6.79. The molecule has 0 amide bonds. The van der Waals surface area contributed by atoms with Crippen LogP contribution in [-0.4, -0.2) is 34.3 Å². The van der Waals surface area contributed by atoms with Gasteiger partial charge in [0.1, 0.15) is 30.1 Å². The molecule has 0 aliphatic rings. The molecule has 0 aliphatic heterocycles. The Bertz CT molecular complexity index is 1060. The van der Waals surface area contributed by atoms with Gasteiger partial charge in [0.15, 0.2) is 11.5 Å². The first kappa shape index (κ1) is 13.8. The second kappa shape index (κ2) is 4.81. The molecule has 0 aliphatic carbocycles. The quantitative estimate of drug-likeness (QED) is 0.421. The molecule has 0 aromatic carbocycles. The summed E-state index contributed by atoms with van der Waals surface area (Å²) in [4.78, 5) is 21.3. The number of thiophene rings is 1. The summed E-state index contributed by atoms with van der Waals surface area (Å²) in [7, 11) is 0. The van der Waals surface area contributed by atoms with Gasteiger partial charge in [-0.05, 0) is 19.4 Å². The fourth-order valence-corrected chi connectivity index (χ4v) is 3.43. The van der Waals surface area contributed by atoms with Crippen LogP contribution in [0.15, 0.2) is 18.7 Å². The summed E-state index contributed by atoms with van der Waals surface area (Å²) >= 11 is 1.63. The van der Waals surface area contributed by atoms with Crippen LogP contribution in [-0.2, 0) is 6.54 Å². The molecule has 0 saturated carbocycles. The molecule has 9 nitrogen and oxygen atoms in total. The third-order valence-corrected chi connectivity index (χ3v) is 4.80. The third-order valence-electron chi connectivity index (χ3n) is 3.68. The molecule has 4 heterocycles. The Kier molecular flexibility index (Phi) is 2.88. The Morgan fingerprint density at radius 3 is 2.96 bits per heavy atom. The van der Waals surface area contributed by atoms with E-state index in [1.807, 2.05) is 6.92 Å². The van der Waals surface area contributed by atoms with Crippen LogP contribution in [0.4, 0.5) is 5.69 Å². The molecule has 0 N–H and O–H groups in total. The van der Waals surface area contributed by atoms with Crippen LogP contribution >= 0.6 is 11.3 Å². The Morgan fingerprint density at radius 1 is 1.39 bits per heavy atom. The highest BCUT2D eigenvalue weighted by Crippen LogP contribution is 2.30. The first-order chi connectivity index (χ1) is 11.0. The number of aryl methyl sites for hydroxylation is 2. The van der Waals surface area contributed by atoms with Crippen molar-refractivity contribution in [3.05, 3.63) is 45.1 Å². The van der Waals surface area contributed by atoms with Gasteiger partial charge >= 0.3 is 5.69 Å². The number of nitrogens with zero attached hydrogens (tertiary/aromatic N) is 7. The molecule has 0 radical (unpaired) electrons. The summed E-state index contributed by atoms with van der Waals surface area (Å²) in [6.45, 7) is 4.36. The zero-order valence-corrected chi connectivity index (χ0v) is 13.1. The highest BCUT2D eigenvalue weighted by Gasteiger charge is 2.15. The molecule has 0 unspecified atom stereocenters. The largest absolute Gasteiger partial charge is 0.307 e. The molecule has 116 valence electrons. The van der Waals surface area contributed by atoms with Gasteiger partial charge in [0.25, 0.3) is 0 Å². The molecule has 10 heteroatoms. The van der Waals surface area contributed by atoms with Crippen molar-refractivity contribution >= 4 is 32.9 Å². The van der Waals surface area contributed by atoms with Crippen molar-refractivity contribution in [2.24, 2.45) is 0 Å². The van der Waals surface area contributed by atoms with E-state index in [0.29, 0.717) is 5.82 Å². The zero-order valence-electron chi connectivity index (χ0n) is 12.3. The number of fused-ring (bicyclic) bond motifs is 3. The lowest BCUT2D eigenvalue weighted by Crippen LogP contribution is -2.02. The number of hydrogen-bond donors (Lipinski definition) is 0. The van der Waals surface area contributed by atoms with Crippen LogP contribution in [0.25, 0.3) is 15.9 Å². The van der Waals surface area contributed by atoms with Crippen LogP contribution < -0.4 is 0 Å². The fourth-order valence-electron chi connectivity index (χ4n) is 2.43. The molecule has 23 heavy (non-hydrogen) atoms. The molecule has 4 rings (SSSR count). The summed E-state index contributed by atoms with van der Waals surface area (Å²) in [6, 6.07) is 0. The van der Waals surface area contributed by atoms with E-state index in [-0.39, 0.29) is 12.2 Å². The van der Waals surface area contributed by atoms with Crippen LogP contribution in [0.3, 0.4) is 0 Å². The fraction of sp³-hybridized carbons (Fsp3) is 0.231. The number of rotatable bonds is 3. The van der Waals surface area contributed by atoms with Crippen molar-refractivity contribution in [1.82, 2.24) is 29.4 Å². The van der Waals surface area contributed by atoms with E-state index in [1.54, 1.807) is 22.2 Å². The topological polar surface area (TPSA) is 104 Å². The minimum absolute atomic E-state index is 0.0536. The van der Waals surface area contributed by atoms with Crippen LogP contribution in [0.2, 0.25) is 0 Å². The summed E-state index contributed by atoms with van der Waals surface area (Å²) in [5.41, 5.74) is 1.84. The van der Waals surface area contributed by atoms with E-state index in [1.165, 1.54) is 22.0 Å². The maximum absolute atomic E-state index is 10.7. The van der Waals surface area contributed by atoms with E-state index in [9.17, 15) is 10.1 Å². The van der Waals surface area contributed by atoms with Gasteiger partial charge in [0.2, 0.25) is 0 Å². The highest BCUT2D eigenvalue weighted by molar-refractivity contribution is 7.18. The summed E-state index contributed by atoms with van der Waals surface area (Å²) in [6.07, 6.45) is 4.20. The normalized spacial score (nSPS) is 11.6. The molecule has 0 fully saturated rings. The zero-order chi connectivity index (χ0) is 16.1. The lowest BCUT2D eigenvalue weighted by Gasteiger charge is -1.93. The molecule has 4 aromatic rings. The average molecular weight is 329 g/mol. The van der Waals surface area contributed by atoms with E-state index in [4.69, 9.17) is 0 Å². The van der Waals surface area contributed by atoms with Gasteiger partial charge < -0.3 is 0 Å². The van der Waals surface area contributed by atoms with Crippen LogP contribution in [0.1, 0.15) is 16.3 Å². The average Bonchev–Trinajstić information content (AvgIpc) is 3.18. The van der Waals surface area contributed by atoms with Crippen molar-refractivity contribution in [2.45, 2.75) is 20.4 Å². The predicted octanol–water partition coefficient (Wildman–Crippen LogP) is 2.11. The lowest BCUT2D eigenvalue weighted by atomic mass is 10.2. The van der Waals surface area contributed by atoms with E-state index >= 15 is 0 Å². The maximum atomic E-state index is 10.7. The molecule has 0 bridgehead atoms. The molecule has 4 aromatic heterocycles. The summed E-state index contributed by atoms with van der Waals surface area (Å²) < 4.78 is 3.08. The van der Waals surface area contributed by atoms with E-state index in [0.717, 1.165) is 21.4 Å². The highest BCUT2D eigenvalue weighted by atomic mass is 32.1. The van der Waals surface area contributed by atoms with Gasteiger partial charge in [-0.25, -0.2) is 14.5 Å². The standard InChI is InChI=1S/C13H11N7O2S/c1-7-8(2)23-13-11(7)12-16-10(17-19(12)6-14-13)5-18-4-9(3-15-18)20(21)22/h3-4,6H,5H2,1-2H3. The van der Waals surface area contributed by atoms with Crippen molar-refractivity contribution in [1.29, 1.82) is 0 Å². The minimum atomic E-state index is -0.481. The Labute approximate surface area is 133 Å². The van der Waals surface area contributed by atoms with Crippen molar-refractivity contribution in [2.75, 3.05) is 0 Å². The van der Waals surface area contributed by atoms with Gasteiger partial charge in [0, 0.05) is 4.88 Å². The maximum Gasteiger partial charge on any atom is 0.307 e. The lowest BCUT2D eigenvalue weighted by molar-refractivity contribution is -0.385. The first-order valence-corrected chi connectivity index (χ1v) is 7.61. The molecule has 0 atom stereocenters. The van der Waals surface area contributed by atoms with E-state index < -0.39 is 4.92 Å². The SMILES string of the molecule is Cc1sc2ncn3nc(Cn4cc([N+](=O)[O-])cn4)nc3c2c1C. The molecular weight excluding hydrogens is 318 g/mol. The van der Waals surface area contributed by atoms with Crippen LogP contribution in [0, 0.1) is 24.0 Å². The van der Waals surface area contributed by atoms with Gasteiger partial charge in [-0.15, -0.1) is 16.4 Å². The molecule has 0 saturated heterocycles. The summed E-state index contributed by atoms with van der Waals surface area (Å²) in [5, 5.41) is 20.0. The molecular formula is C13H11N7O2S. The second-order valence-electron chi connectivity index (χ2n) is 5.16. The van der Waals surface area contributed by atoms with Crippen molar-refractivity contribution < 1.29 is 4.92 Å². The smallest absolute Gasteiger partial charge is 0.258 e. The van der Waals surface area contributed by atoms with Crippen molar-refractivity contribution in [3.63, 3.8) is 0 Å². The number of hydrogen-bond acceptors (Lipinski definition) is 7. The monoisotopic (exact) mass is 329 g/mol. The number of aromatic nitrogens is 6. The number of nitro groups is 1. The van der Waals surface area contributed by atoms with Crippen LogP contribution in [0.5, 0.6) is 0 Å². The Morgan fingerprint density at radius 2 is 2.22 bits per heavy atom.